The Hall–Kier alpha value is -0.390. The summed E-state index contributed by atoms with van der Waals surface area (Å²) >= 11 is 5.16. The molecule has 0 unspecified atom stereocenters. The molecule has 1 heterocycles. The van der Waals surface area contributed by atoms with Crippen molar-refractivity contribution in [1.29, 1.82) is 0 Å². The minimum absolute atomic E-state index is 0.00229. The molecule has 0 bridgehead atoms. The van der Waals surface area contributed by atoms with Crippen LogP contribution in [0.25, 0.3) is 0 Å². The van der Waals surface area contributed by atoms with Gasteiger partial charge in [0.2, 0.25) is 5.91 Å². The van der Waals surface area contributed by atoms with E-state index in [2.05, 4.69) is 27.5 Å². The van der Waals surface area contributed by atoms with Crippen molar-refractivity contribution in [3.05, 3.63) is 20.8 Å². The first-order valence-corrected chi connectivity index (χ1v) is 8.03. The van der Waals surface area contributed by atoms with Gasteiger partial charge in [0.1, 0.15) is 0 Å². The van der Waals surface area contributed by atoms with Crippen LogP contribution in [0.2, 0.25) is 0 Å². The summed E-state index contributed by atoms with van der Waals surface area (Å²) in [5.41, 5.74) is 2.57. The third kappa shape index (κ3) is 4.71. The minimum Gasteiger partial charge on any atom is -0.273 e. The first kappa shape index (κ1) is 14.0. The van der Waals surface area contributed by atoms with Gasteiger partial charge in [-0.05, 0) is 53.7 Å². The highest BCUT2D eigenvalue weighted by atomic mass is 79.9. The van der Waals surface area contributed by atoms with Crippen molar-refractivity contribution in [2.45, 2.75) is 51.0 Å². The number of aryl methyl sites for hydroxylation is 1. The van der Waals surface area contributed by atoms with Crippen molar-refractivity contribution in [3.63, 3.8) is 0 Å². The Morgan fingerprint density at radius 3 is 2.89 bits per heavy atom. The maximum atomic E-state index is 11.6. The van der Waals surface area contributed by atoms with Crippen molar-refractivity contribution in [2.24, 2.45) is 0 Å². The Bertz CT molecular complexity index is 388. The van der Waals surface area contributed by atoms with Crippen LogP contribution in [0.1, 0.15) is 43.4 Å². The fourth-order valence-electron chi connectivity index (χ4n) is 2.12. The normalized spacial score (nSPS) is 16.1. The SMILES string of the molecule is O=C(CCCc1ccc(Br)s1)NOC1CCCC1. The van der Waals surface area contributed by atoms with Crippen LogP contribution >= 0.6 is 27.3 Å². The van der Waals surface area contributed by atoms with E-state index in [-0.39, 0.29) is 12.0 Å². The number of carbonyl (C=O) groups excluding carboxylic acids is 1. The predicted molar refractivity (Wildman–Crippen MR) is 76.4 cm³/mol. The Morgan fingerprint density at radius 2 is 2.22 bits per heavy atom. The molecule has 0 aliphatic heterocycles. The van der Waals surface area contributed by atoms with Crippen LogP contribution in [0.5, 0.6) is 0 Å². The lowest BCUT2D eigenvalue weighted by Crippen LogP contribution is -2.28. The molecule has 1 N–H and O–H groups in total. The summed E-state index contributed by atoms with van der Waals surface area (Å²) in [7, 11) is 0. The number of hydrogen-bond acceptors (Lipinski definition) is 3. The Kier molecular flexibility index (Phi) is 5.66. The molecule has 1 aliphatic rings. The summed E-state index contributed by atoms with van der Waals surface area (Å²) in [6.45, 7) is 0. The lowest BCUT2D eigenvalue weighted by atomic mass is 10.2. The number of hydroxylamine groups is 1. The van der Waals surface area contributed by atoms with Gasteiger partial charge in [0, 0.05) is 11.3 Å². The summed E-state index contributed by atoms with van der Waals surface area (Å²) in [6, 6.07) is 4.14. The summed E-state index contributed by atoms with van der Waals surface area (Å²) in [6.07, 6.45) is 7.17. The van der Waals surface area contributed by atoms with E-state index in [1.54, 1.807) is 11.3 Å². The first-order chi connectivity index (χ1) is 8.74. The molecule has 0 aromatic carbocycles. The molecule has 0 radical (unpaired) electrons. The van der Waals surface area contributed by atoms with E-state index >= 15 is 0 Å². The molecule has 2 rings (SSSR count). The smallest absolute Gasteiger partial charge is 0.243 e. The average molecular weight is 332 g/mol. The van der Waals surface area contributed by atoms with Gasteiger partial charge >= 0.3 is 0 Å². The van der Waals surface area contributed by atoms with Crippen LogP contribution in [-0.2, 0) is 16.1 Å². The van der Waals surface area contributed by atoms with Crippen LogP contribution in [0.15, 0.2) is 15.9 Å². The van der Waals surface area contributed by atoms with E-state index in [0.717, 1.165) is 29.5 Å². The molecule has 0 saturated heterocycles. The van der Waals surface area contributed by atoms with E-state index < -0.39 is 0 Å². The monoisotopic (exact) mass is 331 g/mol. The molecule has 1 saturated carbocycles. The zero-order chi connectivity index (χ0) is 12.8. The molecule has 0 atom stereocenters. The van der Waals surface area contributed by atoms with Gasteiger partial charge in [0.25, 0.3) is 0 Å². The number of halogens is 1. The lowest BCUT2D eigenvalue weighted by molar-refractivity contribution is -0.138. The number of hydrogen-bond donors (Lipinski definition) is 1. The molecule has 1 amide bonds. The topological polar surface area (TPSA) is 38.3 Å². The van der Waals surface area contributed by atoms with Crippen molar-refractivity contribution >= 4 is 33.2 Å². The Balaban J connectivity index is 1.57. The maximum absolute atomic E-state index is 11.6. The molecule has 5 heteroatoms. The number of carbonyl (C=O) groups is 1. The van der Waals surface area contributed by atoms with Gasteiger partial charge < -0.3 is 0 Å². The molecular weight excluding hydrogens is 314 g/mol. The molecular formula is C13H18BrNO2S. The average Bonchev–Trinajstić information content (AvgIpc) is 2.98. The van der Waals surface area contributed by atoms with Crippen molar-refractivity contribution in [3.8, 4) is 0 Å². The van der Waals surface area contributed by atoms with Crippen LogP contribution in [0.4, 0.5) is 0 Å². The van der Waals surface area contributed by atoms with Crippen molar-refractivity contribution in [2.75, 3.05) is 0 Å². The highest BCUT2D eigenvalue weighted by molar-refractivity contribution is 9.11. The van der Waals surface area contributed by atoms with Gasteiger partial charge in [-0.25, -0.2) is 5.48 Å². The molecule has 1 aromatic heterocycles. The molecule has 1 aromatic rings. The van der Waals surface area contributed by atoms with Gasteiger partial charge in [-0.3, -0.25) is 9.63 Å². The second-order valence-electron chi connectivity index (χ2n) is 4.61. The third-order valence-corrected chi connectivity index (χ3v) is 4.78. The minimum atomic E-state index is -0.00229. The van der Waals surface area contributed by atoms with E-state index in [9.17, 15) is 4.79 Å². The fraction of sp³-hybridized carbons (Fsp3) is 0.615. The summed E-state index contributed by atoms with van der Waals surface area (Å²) in [5.74, 6) is -0.00229. The number of rotatable bonds is 6. The van der Waals surface area contributed by atoms with Crippen LogP contribution in [0.3, 0.4) is 0 Å². The quantitative estimate of drug-likeness (QED) is 0.804. The number of nitrogens with one attached hydrogen (secondary N) is 1. The molecule has 0 spiro atoms. The third-order valence-electron chi connectivity index (χ3n) is 3.10. The van der Waals surface area contributed by atoms with E-state index in [1.807, 2.05) is 6.07 Å². The van der Waals surface area contributed by atoms with E-state index in [0.29, 0.717) is 6.42 Å². The van der Waals surface area contributed by atoms with Gasteiger partial charge in [0.05, 0.1) is 9.89 Å². The highest BCUT2D eigenvalue weighted by Gasteiger charge is 2.16. The Labute approximate surface area is 120 Å². The van der Waals surface area contributed by atoms with Crippen LogP contribution in [0, 0.1) is 0 Å². The van der Waals surface area contributed by atoms with Crippen molar-refractivity contribution < 1.29 is 9.63 Å². The number of amides is 1. The van der Waals surface area contributed by atoms with Crippen molar-refractivity contribution in [1.82, 2.24) is 5.48 Å². The Morgan fingerprint density at radius 1 is 1.44 bits per heavy atom. The summed E-state index contributed by atoms with van der Waals surface area (Å²) < 4.78 is 1.14. The summed E-state index contributed by atoms with van der Waals surface area (Å²) in [5, 5.41) is 0. The zero-order valence-corrected chi connectivity index (χ0v) is 12.7. The molecule has 3 nitrogen and oxygen atoms in total. The van der Waals surface area contributed by atoms with Gasteiger partial charge in [-0.2, -0.15) is 0 Å². The number of thiophene rings is 1. The van der Waals surface area contributed by atoms with Crippen LogP contribution in [-0.4, -0.2) is 12.0 Å². The standard InChI is InChI=1S/C13H18BrNO2S/c14-12-9-8-11(18-12)6-3-7-13(16)15-17-10-4-1-2-5-10/h8-10H,1-7H2,(H,15,16). The molecule has 18 heavy (non-hydrogen) atoms. The second kappa shape index (κ2) is 7.26. The fourth-order valence-corrected chi connectivity index (χ4v) is 3.64. The van der Waals surface area contributed by atoms with Gasteiger partial charge in [0.15, 0.2) is 0 Å². The summed E-state index contributed by atoms with van der Waals surface area (Å²) in [4.78, 5) is 18.2. The van der Waals surface area contributed by atoms with Crippen LogP contribution < -0.4 is 5.48 Å². The highest BCUT2D eigenvalue weighted by Crippen LogP contribution is 2.23. The predicted octanol–water partition coefficient (Wildman–Crippen LogP) is 3.82. The molecule has 1 fully saturated rings. The first-order valence-electron chi connectivity index (χ1n) is 6.43. The van der Waals surface area contributed by atoms with Gasteiger partial charge in [-0.15, -0.1) is 11.3 Å². The largest absolute Gasteiger partial charge is 0.273 e. The van der Waals surface area contributed by atoms with Gasteiger partial charge in [-0.1, -0.05) is 12.8 Å². The zero-order valence-electron chi connectivity index (χ0n) is 10.3. The molecule has 1 aliphatic carbocycles. The maximum Gasteiger partial charge on any atom is 0.243 e. The second-order valence-corrected chi connectivity index (χ2v) is 7.16. The van der Waals surface area contributed by atoms with E-state index in [1.165, 1.54) is 17.7 Å². The molecule has 100 valence electrons. The van der Waals surface area contributed by atoms with E-state index in [4.69, 9.17) is 4.84 Å². The lowest BCUT2D eigenvalue weighted by Gasteiger charge is -2.10.